The van der Waals surface area contributed by atoms with E-state index >= 15 is 0 Å². The van der Waals surface area contributed by atoms with Gasteiger partial charge in [0, 0.05) is 38.6 Å². The van der Waals surface area contributed by atoms with Crippen molar-refractivity contribution in [3.8, 4) is 22.0 Å². The molecule has 29 heavy (non-hydrogen) atoms. The Kier molecular flexibility index (Phi) is 6.47. The molecule has 4 rings (SSSR count). The van der Waals surface area contributed by atoms with Crippen LogP contribution in [0.2, 0.25) is 0 Å². The minimum absolute atomic E-state index is 0.298. The lowest BCUT2D eigenvalue weighted by Crippen LogP contribution is -2.04. The van der Waals surface area contributed by atoms with E-state index in [2.05, 4.69) is 64.5 Å². The second-order valence-corrected chi connectivity index (χ2v) is 9.92. The zero-order chi connectivity index (χ0) is 20.2. The van der Waals surface area contributed by atoms with Gasteiger partial charge in [0.15, 0.2) is 11.0 Å². The molecule has 0 unspecified atom stereocenters. The van der Waals surface area contributed by atoms with E-state index in [-0.39, 0.29) is 0 Å². The molecule has 0 saturated carbocycles. The van der Waals surface area contributed by atoms with E-state index in [0.717, 1.165) is 40.3 Å². The van der Waals surface area contributed by atoms with Crippen LogP contribution in [0.4, 0.5) is 0 Å². The van der Waals surface area contributed by atoms with Crippen LogP contribution in [0, 0.1) is 0 Å². The first-order chi connectivity index (χ1) is 14.2. The minimum atomic E-state index is 0.298. The van der Waals surface area contributed by atoms with Crippen molar-refractivity contribution in [1.29, 1.82) is 0 Å². The number of thioether (sulfide) groups is 1. The van der Waals surface area contributed by atoms with Crippen LogP contribution in [0.1, 0.15) is 43.8 Å². The van der Waals surface area contributed by atoms with Gasteiger partial charge in [0.25, 0.3) is 0 Å². The van der Waals surface area contributed by atoms with Crippen LogP contribution in [-0.4, -0.2) is 19.7 Å². The van der Waals surface area contributed by atoms with Crippen LogP contribution in [0.3, 0.4) is 0 Å². The molecule has 0 aliphatic carbocycles. The molecule has 150 valence electrons. The van der Waals surface area contributed by atoms with Crippen LogP contribution in [0.5, 0.6) is 0 Å². The number of rotatable bonds is 8. The molecule has 4 nitrogen and oxygen atoms in total. The zero-order valence-electron chi connectivity index (χ0n) is 16.8. The third-order valence-electron chi connectivity index (χ3n) is 4.51. The van der Waals surface area contributed by atoms with E-state index in [4.69, 9.17) is 4.98 Å². The number of nitrogens with zero attached hydrogens (tertiary/aromatic N) is 4. The van der Waals surface area contributed by atoms with Crippen molar-refractivity contribution in [3.63, 3.8) is 0 Å². The lowest BCUT2D eigenvalue weighted by Gasteiger charge is -2.12. The largest absolute Gasteiger partial charge is 0.299 e. The van der Waals surface area contributed by atoms with Gasteiger partial charge in [-0.3, -0.25) is 4.57 Å². The molecule has 0 spiro atoms. The Morgan fingerprint density at radius 1 is 1.03 bits per heavy atom. The number of hydrogen-bond donors (Lipinski definition) is 0. The van der Waals surface area contributed by atoms with E-state index in [1.54, 1.807) is 23.1 Å². The van der Waals surface area contributed by atoms with Crippen molar-refractivity contribution in [2.45, 2.75) is 50.6 Å². The van der Waals surface area contributed by atoms with E-state index in [1.807, 2.05) is 29.5 Å². The number of thiazole rings is 1. The van der Waals surface area contributed by atoms with E-state index in [1.165, 1.54) is 16.0 Å². The molecule has 0 radical (unpaired) electrons. The average Bonchev–Trinajstić information content (AvgIpc) is 3.46. The van der Waals surface area contributed by atoms with Crippen molar-refractivity contribution in [2.75, 3.05) is 0 Å². The summed E-state index contributed by atoms with van der Waals surface area (Å²) in [6, 6.07) is 12.9. The van der Waals surface area contributed by atoms with Gasteiger partial charge in [0.2, 0.25) is 0 Å². The van der Waals surface area contributed by atoms with Gasteiger partial charge in [-0.15, -0.1) is 32.9 Å². The summed E-state index contributed by atoms with van der Waals surface area (Å²) in [6.45, 7) is 6.59. The summed E-state index contributed by atoms with van der Waals surface area (Å²) < 4.78 is 2.24. The average molecular weight is 441 g/mol. The molecule has 1 aromatic carbocycles. The molecule has 3 aromatic heterocycles. The normalized spacial score (nSPS) is 11.4. The first kappa shape index (κ1) is 20.3. The minimum Gasteiger partial charge on any atom is -0.299 e. The van der Waals surface area contributed by atoms with Crippen LogP contribution < -0.4 is 0 Å². The smallest absolute Gasteiger partial charge is 0.192 e. The maximum absolute atomic E-state index is 4.80. The Morgan fingerprint density at radius 3 is 2.62 bits per heavy atom. The fraction of sp³-hybridized carbons (Fsp3) is 0.318. The van der Waals surface area contributed by atoms with Crippen molar-refractivity contribution in [1.82, 2.24) is 19.7 Å². The molecule has 4 aromatic rings. The molecule has 3 heterocycles. The third-order valence-corrected chi connectivity index (χ3v) is 7.42. The Balaban J connectivity index is 1.52. The molecule has 0 aliphatic rings. The van der Waals surface area contributed by atoms with Crippen LogP contribution in [0.15, 0.2) is 52.3 Å². The lowest BCUT2D eigenvalue weighted by atomic mass is 10.2. The number of aryl methyl sites for hydroxylation is 1. The van der Waals surface area contributed by atoms with Crippen LogP contribution in [0.25, 0.3) is 22.0 Å². The number of thiophene rings is 1. The molecule has 0 aliphatic heterocycles. The van der Waals surface area contributed by atoms with Gasteiger partial charge in [-0.1, -0.05) is 55.4 Å². The van der Waals surface area contributed by atoms with Gasteiger partial charge >= 0.3 is 0 Å². The van der Waals surface area contributed by atoms with Crippen LogP contribution in [-0.2, 0) is 12.2 Å². The molecule has 0 saturated heterocycles. The first-order valence-corrected chi connectivity index (χ1v) is 12.6. The summed E-state index contributed by atoms with van der Waals surface area (Å²) in [5.74, 6) is 1.75. The second-order valence-electron chi connectivity index (χ2n) is 7.12. The maximum Gasteiger partial charge on any atom is 0.192 e. The fourth-order valence-electron chi connectivity index (χ4n) is 3.14. The molecule has 0 amide bonds. The summed E-state index contributed by atoms with van der Waals surface area (Å²) in [6.07, 6.45) is 2.28. The molecule has 0 bridgehead atoms. The van der Waals surface area contributed by atoms with E-state index < -0.39 is 0 Å². The van der Waals surface area contributed by atoms with E-state index in [0.29, 0.717) is 6.04 Å². The first-order valence-electron chi connectivity index (χ1n) is 9.81. The van der Waals surface area contributed by atoms with Crippen LogP contribution >= 0.6 is 34.4 Å². The van der Waals surface area contributed by atoms with Gasteiger partial charge in [-0.2, -0.15) is 0 Å². The molecular formula is C22H24N4S3. The predicted molar refractivity (Wildman–Crippen MR) is 125 cm³/mol. The number of hydrogen-bond acceptors (Lipinski definition) is 6. The quantitative estimate of drug-likeness (QED) is 0.278. The zero-order valence-corrected chi connectivity index (χ0v) is 19.3. The Morgan fingerprint density at radius 2 is 1.86 bits per heavy atom. The second kappa shape index (κ2) is 9.24. The number of aromatic nitrogens is 4. The topological polar surface area (TPSA) is 43.6 Å². The highest BCUT2D eigenvalue weighted by Crippen LogP contribution is 2.33. The third kappa shape index (κ3) is 4.63. The summed E-state index contributed by atoms with van der Waals surface area (Å²) >= 11 is 5.21. The fourth-order valence-corrected chi connectivity index (χ4v) is 6.00. The summed E-state index contributed by atoms with van der Waals surface area (Å²) in [5, 5.41) is 15.4. The molecule has 0 N–H and O–H groups in total. The van der Waals surface area contributed by atoms with Gasteiger partial charge in [0.1, 0.15) is 5.01 Å². The number of benzene rings is 1. The SMILES string of the molecule is CCCc1cc(-c2nnc(SCc3csc(-c4ccccc4)n3)n2C(C)C)cs1. The molecular weight excluding hydrogens is 416 g/mol. The molecule has 0 fully saturated rings. The molecule has 7 heteroatoms. The van der Waals surface area contributed by atoms with Crippen molar-refractivity contribution in [3.05, 3.63) is 57.7 Å². The van der Waals surface area contributed by atoms with Gasteiger partial charge in [0.05, 0.1) is 5.69 Å². The highest BCUT2D eigenvalue weighted by molar-refractivity contribution is 7.98. The van der Waals surface area contributed by atoms with Crippen molar-refractivity contribution < 1.29 is 0 Å². The maximum atomic E-state index is 4.80. The van der Waals surface area contributed by atoms with Crippen molar-refractivity contribution >= 4 is 34.4 Å². The van der Waals surface area contributed by atoms with Gasteiger partial charge in [-0.25, -0.2) is 4.98 Å². The predicted octanol–water partition coefficient (Wildman–Crippen LogP) is 6.96. The highest BCUT2D eigenvalue weighted by Gasteiger charge is 2.18. The summed E-state index contributed by atoms with van der Waals surface area (Å²) in [5.41, 5.74) is 3.42. The van der Waals surface area contributed by atoms with Gasteiger partial charge < -0.3 is 0 Å². The monoisotopic (exact) mass is 440 g/mol. The Bertz CT molecular complexity index is 1060. The van der Waals surface area contributed by atoms with E-state index in [9.17, 15) is 0 Å². The van der Waals surface area contributed by atoms with Gasteiger partial charge in [-0.05, 0) is 26.3 Å². The summed E-state index contributed by atoms with van der Waals surface area (Å²) in [7, 11) is 0. The Labute approximate surface area is 184 Å². The van der Waals surface area contributed by atoms with Crippen molar-refractivity contribution in [2.24, 2.45) is 0 Å². The standard InChI is InChI=1S/C22H24N4S3/c1-4-8-19-11-17(12-27-19)20-24-25-22(26(20)15(2)3)29-14-18-13-28-21(23-18)16-9-6-5-7-10-16/h5-7,9-13,15H,4,8,14H2,1-3H3. The highest BCUT2D eigenvalue weighted by atomic mass is 32.2. The lowest BCUT2D eigenvalue weighted by molar-refractivity contribution is 0.555. The Hall–Kier alpha value is -1.96. The molecule has 0 atom stereocenters. The summed E-state index contributed by atoms with van der Waals surface area (Å²) in [4.78, 5) is 6.21.